The van der Waals surface area contributed by atoms with E-state index in [1.807, 2.05) is 0 Å². The largest absolute Gasteiger partial charge is 1.00 e. The van der Waals surface area contributed by atoms with Crippen molar-refractivity contribution in [1.29, 1.82) is 0 Å². The molecule has 0 spiro atoms. The van der Waals surface area contributed by atoms with Crippen molar-refractivity contribution >= 4 is 16.1 Å². The van der Waals surface area contributed by atoms with Gasteiger partial charge in [-0.2, -0.15) is 14.8 Å². The molecule has 0 unspecified atom stereocenters. The van der Waals surface area contributed by atoms with Crippen molar-refractivity contribution in [2.45, 2.75) is 39.0 Å². The molecular weight excluding hydrogens is 259 g/mol. The first-order chi connectivity index (χ1) is 6.83. The predicted molar refractivity (Wildman–Crippen MR) is 58.2 cm³/mol. The molecule has 0 aromatic rings. The maximum Gasteiger partial charge on any atom is 1.00 e. The van der Waals surface area contributed by atoms with Gasteiger partial charge in [0.1, 0.15) is 0 Å². The molecule has 0 aliphatic heterocycles. The summed E-state index contributed by atoms with van der Waals surface area (Å²) in [6.45, 7) is 5.98. The second-order valence-corrected chi connectivity index (χ2v) is 4.49. The fourth-order valence-electron chi connectivity index (χ4n) is 0.760. The van der Waals surface area contributed by atoms with Crippen LogP contribution in [0, 0.1) is 6.92 Å². The molecule has 0 amide bonds. The van der Waals surface area contributed by atoms with Crippen molar-refractivity contribution in [1.82, 2.24) is 0 Å². The number of hydrogen-bond donors (Lipinski definition) is 2. The van der Waals surface area contributed by atoms with Crippen molar-refractivity contribution in [3.63, 3.8) is 0 Å². The molecule has 2 N–H and O–H groups in total. The van der Waals surface area contributed by atoms with Crippen molar-refractivity contribution in [2.24, 2.45) is 0 Å². The number of carbonyl (C=O) groups is 1. The van der Waals surface area contributed by atoms with Crippen LogP contribution in [0.1, 0.15) is 39.0 Å². The molecule has 0 saturated heterocycles. The molecule has 0 radical (unpaired) electrons. The van der Waals surface area contributed by atoms with E-state index in [2.05, 4.69) is 13.8 Å². The maximum atomic E-state index is 9.62. The van der Waals surface area contributed by atoms with E-state index in [4.69, 9.17) is 9.66 Å². The molecule has 5 nitrogen and oxygen atoms in total. The van der Waals surface area contributed by atoms with E-state index >= 15 is 0 Å². The summed E-state index contributed by atoms with van der Waals surface area (Å²) < 4.78 is 27.0. The topological polar surface area (TPSA) is 91.7 Å². The summed E-state index contributed by atoms with van der Waals surface area (Å²) in [6.07, 6.45) is 6.52. The minimum Gasteiger partial charge on any atom is -0.480 e. The van der Waals surface area contributed by atoms with Gasteiger partial charge in [0.2, 0.25) is 0 Å². The Morgan fingerprint density at radius 3 is 1.94 bits per heavy atom. The first-order valence-electron chi connectivity index (χ1n) is 4.79. The Labute approximate surface area is 140 Å². The average Bonchev–Trinajstić information content (AvgIpc) is 2.01. The van der Waals surface area contributed by atoms with Gasteiger partial charge in [0.25, 0.3) is 10.1 Å². The molecule has 0 bridgehead atoms. The first-order valence-corrected chi connectivity index (χ1v) is 6.40. The van der Waals surface area contributed by atoms with E-state index < -0.39 is 21.8 Å². The van der Waals surface area contributed by atoms with E-state index in [0.29, 0.717) is 0 Å². The standard InChI is InChI=1S/C7H15.C2H4O5S.K/c1-3-5-7-6-4-2;3-2(4)1-8(5,6)7;/h1,3-7H2,2H3;1H2,(H,3,4)(H,5,6,7);/q-1;;+1. The van der Waals surface area contributed by atoms with Crippen LogP contribution < -0.4 is 51.4 Å². The number of carboxylic acid groups (broad SMARTS) is 1. The van der Waals surface area contributed by atoms with Gasteiger partial charge in [0.15, 0.2) is 5.75 Å². The van der Waals surface area contributed by atoms with Gasteiger partial charge in [-0.05, 0) is 0 Å². The van der Waals surface area contributed by atoms with Gasteiger partial charge in [-0.1, -0.05) is 32.6 Å². The van der Waals surface area contributed by atoms with Crippen LogP contribution in [0.4, 0.5) is 0 Å². The van der Waals surface area contributed by atoms with Crippen LogP contribution in [0.3, 0.4) is 0 Å². The van der Waals surface area contributed by atoms with E-state index in [-0.39, 0.29) is 51.4 Å². The van der Waals surface area contributed by atoms with Crippen LogP contribution in [-0.4, -0.2) is 29.8 Å². The smallest absolute Gasteiger partial charge is 0.480 e. The van der Waals surface area contributed by atoms with Crippen LogP contribution in [0.15, 0.2) is 0 Å². The zero-order chi connectivity index (χ0) is 12.3. The van der Waals surface area contributed by atoms with Crippen LogP contribution in [-0.2, 0) is 14.9 Å². The SMILES string of the molecule is O=C(O)CS(=O)(=O)O.[CH2-]CCCCCC.[K+]. The van der Waals surface area contributed by atoms with E-state index in [1.54, 1.807) is 0 Å². The number of unbranched alkanes of at least 4 members (excludes halogenated alkanes) is 4. The Morgan fingerprint density at radius 1 is 1.25 bits per heavy atom. The maximum absolute atomic E-state index is 9.62. The first kappa shape index (κ1) is 22.2. The van der Waals surface area contributed by atoms with Crippen LogP contribution in [0.2, 0.25) is 0 Å². The number of aliphatic carboxylic acids is 1. The molecule has 0 fully saturated rings. The summed E-state index contributed by atoms with van der Waals surface area (Å²) in [4.78, 5) is 9.48. The Hall–Kier alpha value is 1.02. The van der Waals surface area contributed by atoms with Crippen molar-refractivity contribution in [2.75, 3.05) is 5.75 Å². The summed E-state index contributed by atoms with van der Waals surface area (Å²) in [6, 6.07) is 0. The predicted octanol–water partition coefficient (Wildman–Crippen LogP) is -1.25. The van der Waals surface area contributed by atoms with Crippen molar-refractivity contribution < 1.29 is 74.3 Å². The Kier molecular flexibility index (Phi) is 19.6. The molecule has 0 aliphatic rings. The Balaban J connectivity index is -0.000000200. The fraction of sp³-hybridized carbons (Fsp3) is 0.778. The Bertz CT molecular complexity index is 247. The third-order valence-corrected chi connectivity index (χ3v) is 2.02. The summed E-state index contributed by atoms with van der Waals surface area (Å²) in [5, 5.41) is 7.71. The molecule has 0 aliphatic carbocycles. The van der Waals surface area contributed by atoms with Gasteiger partial charge >= 0.3 is 57.4 Å². The summed E-state index contributed by atoms with van der Waals surface area (Å²) >= 11 is 0. The minimum absolute atomic E-state index is 0. The number of rotatable bonds is 6. The zero-order valence-electron chi connectivity index (χ0n) is 9.98. The second kappa shape index (κ2) is 14.1. The van der Waals surface area contributed by atoms with Gasteiger partial charge in [-0.15, -0.1) is 0 Å². The van der Waals surface area contributed by atoms with E-state index in [9.17, 15) is 13.2 Å². The second-order valence-electron chi connectivity index (χ2n) is 3.03. The fourth-order valence-corrected chi connectivity index (χ4v) is 1.07. The Morgan fingerprint density at radius 2 is 1.75 bits per heavy atom. The van der Waals surface area contributed by atoms with Gasteiger partial charge in [0, 0.05) is 0 Å². The van der Waals surface area contributed by atoms with Gasteiger partial charge in [-0.25, -0.2) is 0 Å². The van der Waals surface area contributed by atoms with Crippen molar-refractivity contribution in [3.05, 3.63) is 6.92 Å². The molecule has 7 heteroatoms. The minimum atomic E-state index is -4.32. The number of hydrogen-bond acceptors (Lipinski definition) is 3. The third kappa shape index (κ3) is 29.4. The molecule has 0 atom stereocenters. The van der Waals surface area contributed by atoms with E-state index in [1.165, 1.54) is 25.7 Å². The molecule has 92 valence electrons. The van der Waals surface area contributed by atoms with E-state index in [0.717, 1.165) is 6.42 Å². The van der Waals surface area contributed by atoms with Crippen LogP contribution >= 0.6 is 0 Å². The molecule has 0 aromatic carbocycles. The summed E-state index contributed by atoms with van der Waals surface area (Å²) in [5.41, 5.74) is 0. The molecule has 0 saturated carbocycles. The quantitative estimate of drug-likeness (QED) is 0.274. The summed E-state index contributed by atoms with van der Waals surface area (Å²) in [5.74, 6) is -2.79. The summed E-state index contributed by atoms with van der Waals surface area (Å²) in [7, 11) is -4.32. The third-order valence-electron chi connectivity index (χ3n) is 1.41. The van der Waals surface area contributed by atoms with Gasteiger partial charge < -0.3 is 12.0 Å². The van der Waals surface area contributed by atoms with Gasteiger partial charge in [-0.3, -0.25) is 9.35 Å². The zero-order valence-corrected chi connectivity index (χ0v) is 13.9. The monoisotopic (exact) mass is 278 g/mol. The molecule has 0 heterocycles. The van der Waals surface area contributed by atoms with Crippen molar-refractivity contribution in [3.8, 4) is 0 Å². The number of carboxylic acids is 1. The van der Waals surface area contributed by atoms with Crippen LogP contribution in [0.25, 0.3) is 0 Å². The van der Waals surface area contributed by atoms with Crippen LogP contribution in [0.5, 0.6) is 0 Å². The molecule has 16 heavy (non-hydrogen) atoms. The molecule has 0 rings (SSSR count). The van der Waals surface area contributed by atoms with Gasteiger partial charge in [0.05, 0.1) is 0 Å². The molecular formula is C9H19KO5S. The normalized spacial score (nSPS) is 9.69. The molecule has 0 aromatic heterocycles. The average molecular weight is 278 g/mol.